The van der Waals surface area contributed by atoms with Crippen LogP contribution in [0.3, 0.4) is 0 Å². The van der Waals surface area contributed by atoms with Crippen molar-refractivity contribution in [3.63, 3.8) is 0 Å². The highest BCUT2D eigenvalue weighted by molar-refractivity contribution is 5.74. The van der Waals surface area contributed by atoms with E-state index in [4.69, 9.17) is 33.2 Å². The summed E-state index contributed by atoms with van der Waals surface area (Å²) in [5.74, 6) is 1.92. The van der Waals surface area contributed by atoms with Crippen molar-refractivity contribution in [3.8, 4) is 0 Å². The minimum atomic E-state index is -1.12. The molecular formula is C33H58O9. The van der Waals surface area contributed by atoms with Crippen LogP contribution in [0.25, 0.3) is 0 Å². The first-order chi connectivity index (χ1) is 20.1. The van der Waals surface area contributed by atoms with Crippen LogP contribution < -0.4 is 0 Å². The molecule has 4 aliphatic carbocycles. The Morgan fingerprint density at radius 2 is 1.55 bits per heavy atom. The van der Waals surface area contributed by atoms with Crippen LogP contribution in [0.5, 0.6) is 0 Å². The van der Waals surface area contributed by atoms with E-state index in [2.05, 4.69) is 27.7 Å². The molecule has 0 heterocycles. The lowest BCUT2D eigenvalue weighted by Gasteiger charge is -2.66. The van der Waals surface area contributed by atoms with Crippen LogP contribution >= 0.6 is 0 Å². The molecular weight excluding hydrogens is 540 g/mol. The molecule has 1 N–H and O–H groups in total. The molecule has 9 heteroatoms. The van der Waals surface area contributed by atoms with Gasteiger partial charge in [0.1, 0.15) is 20.4 Å². The van der Waals surface area contributed by atoms with E-state index in [0.717, 1.165) is 44.9 Å². The third-order valence-corrected chi connectivity index (χ3v) is 12.4. The summed E-state index contributed by atoms with van der Waals surface area (Å²) >= 11 is 0. The fraction of sp³-hybridized carbons (Fsp3) is 0.970. The molecule has 9 nitrogen and oxygen atoms in total. The number of methoxy groups -OCH3 is 4. The Kier molecular flexibility index (Phi) is 11.8. The topological polar surface area (TPSA) is 102 Å². The second-order valence-electron chi connectivity index (χ2n) is 14.1. The van der Waals surface area contributed by atoms with Crippen molar-refractivity contribution >= 4 is 5.97 Å². The molecule has 13 atom stereocenters. The third kappa shape index (κ3) is 6.18. The second kappa shape index (κ2) is 14.5. The summed E-state index contributed by atoms with van der Waals surface area (Å²) < 4.78 is 40.6. The Hall–Kier alpha value is -0.810. The van der Waals surface area contributed by atoms with Gasteiger partial charge < -0.3 is 38.3 Å². The van der Waals surface area contributed by atoms with Crippen LogP contribution in [0.1, 0.15) is 79.1 Å². The average molecular weight is 599 g/mol. The zero-order valence-corrected chi connectivity index (χ0v) is 27.3. The van der Waals surface area contributed by atoms with Gasteiger partial charge in [-0.3, -0.25) is 0 Å². The zero-order chi connectivity index (χ0) is 30.7. The smallest absolute Gasteiger partial charge is 0.334 e. The first-order valence-corrected chi connectivity index (χ1v) is 16.2. The van der Waals surface area contributed by atoms with Crippen molar-refractivity contribution in [2.24, 2.45) is 52.3 Å². The normalized spacial score (nSPS) is 42.7. The summed E-state index contributed by atoms with van der Waals surface area (Å²) in [7, 11) is 6.41. The number of fused-ring (bicyclic) bond motifs is 5. The Morgan fingerprint density at radius 1 is 0.881 bits per heavy atom. The number of ether oxygens (including phenoxy) is 7. The van der Waals surface area contributed by atoms with Crippen molar-refractivity contribution in [1.29, 1.82) is 0 Å². The van der Waals surface area contributed by atoms with Gasteiger partial charge in [-0.2, -0.15) is 0 Å². The molecule has 4 rings (SSSR count). The average Bonchev–Trinajstić information content (AvgIpc) is 3.35. The number of aliphatic hydroxyl groups excluding tert-OH is 1. The highest BCUT2D eigenvalue weighted by Crippen LogP contribution is 2.70. The van der Waals surface area contributed by atoms with Gasteiger partial charge in [-0.1, -0.05) is 34.1 Å². The maximum atomic E-state index is 12.1. The SMILES string of the molecule is CC[C@H]1[C@@H](OCOC)C2C3CC[C@H]([C@H](C)C[C@@H](O)C(=O)OC)[C@@]3(C)[C@@H](OCOC)CC2[C@@]2(C)CC[C@@H](OCOC)C[C@@H]12. The summed E-state index contributed by atoms with van der Waals surface area (Å²) in [5.41, 5.74) is -0.00407. The molecule has 42 heavy (non-hydrogen) atoms. The maximum absolute atomic E-state index is 12.1. The molecule has 244 valence electrons. The molecule has 0 saturated heterocycles. The van der Waals surface area contributed by atoms with Gasteiger partial charge in [-0.05, 0) is 91.8 Å². The number of hydrogen-bond acceptors (Lipinski definition) is 9. The van der Waals surface area contributed by atoms with Gasteiger partial charge in [-0.25, -0.2) is 4.79 Å². The lowest BCUT2D eigenvalue weighted by atomic mass is 9.40. The van der Waals surface area contributed by atoms with Crippen LogP contribution in [-0.4, -0.2) is 84.3 Å². The van der Waals surface area contributed by atoms with Gasteiger partial charge in [0, 0.05) is 26.7 Å². The monoisotopic (exact) mass is 598 g/mol. The molecule has 4 fully saturated rings. The van der Waals surface area contributed by atoms with Crippen LogP contribution in [0.4, 0.5) is 0 Å². The predicted octanol–water partition coefficient (Wildman–Crippen LogP) is 5.03. The summed E-state index contributed by atoms with van der Waals surface area (Å²) in [6.45, 7) is 10.3. The van der Waals surface area contributed by atoms with Crippen LogP contribution in [0, 0.1) is 52.3 Å². The largest absolute Gasteiger partial charge is 0.467 e. The van der Waals surface area contributed by atoms with Gasteiger partial charge in [0.05, 0.1) is 25.4 Å². The van der Waals surface area contributed by atoms with E-state index in [1.165, 1.54) is 7.11 Å². The standard InChI is InChI=1S/C33H58O9/c1-9-22-25-15-21(40-17-36-5)12-13-32(25,3)26-16-28(41-18-37-6)33(4)23(20(2)14-27(34)31(35)39-8)10-11-24(33)29(26)30(22)42-19-38-7/h20-30,34H,9-19H2,1-8H3/t20-,21-,22-,23-,24?,25+,26?,27-,28+,29?,30-,32+,33-/m1/s1. The first kappa shape index (κ1) is 34.1. The van der Waals surface area contributed by atoms with Crippen molar-refractivity contribution in [2.45, 2.75) is 103 Å². The van der Waals surface area contributed by atoms with Crippen molar-refractivity contribution in [2.75, 3.05) is 48.8 Å². The highest BCUT2D eigenvalue weighted by Gasteiger charge is 2.68. The van der Waals surface area contributed by atoms with Crippen LogP contribution in [0.15, 0.2) is 0 Å². The summed E-state index contributed by atoms with van der Waals surface area (Å²) in [5, 5.41) is 10.6. The second-order valence-corrected chi connectivity index (χ2v) is 14.1. The molecule has 0 aliphatic heterocycles. The number of esters is 1. The quantitative estimate of drug-likeness (QED) is 0.218. The fourth-order valence-corrected chi connectivity index (χ4v) is 10.7. The van der Waals surface area contributed by atoms with Gasteiger partial charge in [-0.15, -0.1) is 0 Å². The Balaban J connectivity index is 1.72. The van der Waals surface area contributed by atoms with Gasteiger partial charge in [0.25, 0.3) is 0 Å². The molecule has 4 aliphatic rings. The van der Waals surface area contributed by atoms with Gasteiger partial charge in [0.15, 0.2) is 6.10 Å². The third-order valence-electron chi connectivity index (χ3n) is 12.4. The molecule has 0 spiro atoms. The van der Waals surface area contributed by atoms with E-state index in [-0.39, 0.29) is 54.6 Å². The van der Waals surface area contributed by atoms with E-state index >= 15 is 0 Å². The lowest BCUT2D eigenvalue weighted by molar-refractivity contribution is -0.267. The molecule has 0 aromatic carbocycles. The van der Waals surface area contributed by atoms with Crippen molar-refractivity contribution in [3.05, 3.63) is 0 Å². The molecule has 0 bridgehead atoms. The molecule has 3 unspecified atom stereocenters. The number of aliphatic hydroxyl groups is 1. The van der Waals surface area contributed by atoms with E-state index < -0.39 is 12.1 Å². The maximum Gasteiger partial charge on any atom is 0.334 e. The number of carbonyl (C=O) groups is 1. The predicted molar refractivity (Wildman–Crippen MR) is 157 cm³/mol. The van der Waals surface area contributed by atoms with Crippen LogP contribution in [-0.2, 0) is 38.0 Å². The van der Waals surface area contributed by atoms with E-state index in [1.807, 2.05) is 0 Å². The zero-order valence-electron chi connectivity index (χ0n) is 27.3. The molecule has 0 amide bonds. The lowest BCUT2D eigenvalue weighted by Crippen LogP contribution is -2.66. The number of rotatable bonds is 14. The van der Waals surface area contributed by atoms with E-state index in [0.29, 0.717) is 42.8 Å². The van der Waals surface area contributed by atoms with Gasteiger partial charge >= 0.3 is 5.97 Å². The minimum absolute atomic E-state index is 0.00936. The van der Waals surface area contributed by atoms with E-state index in [1.54, 1.807) is 21.3 Å². The van der Waals surface area contributed by atoms with Crippen molar-refractivity contribution < 1.29 is 43.1 Å². The fourth-order valence-electron chi connectivity index (χ4n) is 10.7. The Labute approximate surface area is 253 Å². The number of carbonyl (C=O) groups excluding carboxylic acids is 1. The Bertz CT molecular complexity index is 870. The summed E-state index contributed by atoms with van der Waals surface area (Å²) in [6.07, 6.45) is 6.85. The first-order valence-electron chi connectivity index (χ1n) is 16.2. The van der Waals surface area contributed by atoms with Gasteiger partial charge in [0.2, 0.25) is 0 Å². The van der Waals surface area contributed by atoms with E-state index in [9.17, 15) is 9.90 Å². The van der Waals surface area contributed by atoms with Crippen LogP contribution in [0.2, 0.25) is 0 Å². The molecule has 4 saturated carbocycles. The summed E-state index contributed by atoms with van der Waals surface area (Å²) in [6, 6.07) is 0. The highest BCUT2D eigenvalue weighted by atomic mass is 16.7. The molecule has 0 radical (unpaired) electrons. The molecule has 0 aromatic heterocycles. The molecule has 0 aromatic rings. The minimum Gasteiger partial charge on any atom is -0.467 e. The number of hydrogen-bond donors (Lipinski definition) is 1. The summed E-state index contributed by atoms with van der Waals surface area (Å²) in [4.78, 5) is 12.1. The van der Waals surface area contributed by atoms with Crippen molar-refractivity contribution in [1.82, 2.24) is 0 Å². The Morgan fingerprint density at radius 3 is 2.19 bits per heavy atom.